The van der Waals surface area contributed by atoms with Gasteiger partial charge in [-0.25, -0.2) is 18.9 Å². The van der Waals surface area contributed by atoms with Crippen molar-refractivity contribution in [3.63, 3.8) is 0 Å². The number of anilines is 1. The van der Waals surface area contributed by atoms with Crippen LogP contribution in [0.2, 0.25) is 0 Å². The number of thioether (sulfide) groups is 1. The fourth-order valence-corrected chi connectivity index (χ4v) is 5.52. The maximum atomic E-state index is 13.5. The van der Waals surface area contributed by atoms with Gasteiger partial charge in [0.1, 0.15) is 28.4 Å². The van der Waals surface area contributed by atoms with Crippen LogP contribution in [0.15, 0.2) is 78.2 Å². The van der Waals surface area contributed by atoms with Gasteiger partial charge in [0.25, 0.3) is 5.91 Å². The predicted octanol–water partition coefficient (Wildman–Crippen LogP) is 4.22. The molecule has 4 aromatic heterocycles. The van der Waals surface area contributed by atoms with E-state index in [-0.39, 0.29) is 11.2 Å². The molecule has 1 aliphatic rings. The van der Waals surface area contributed by atoms with E-state index in [2.05, 4.69) is 4.98 Å². The second-order valence-electron chi connectivity index (χ2n) is 8.55. The van der Waals surface area contributed by atoms with E-state index >= 15 is 0 Å². The van der Waals surface area contributed by atoms with Crippen molar-refractivity contribution in [2.24, 2.45) is 12.8 Å². The second kappa shape index (κ2) is 8.86. The second-order valence-corrected chi connectivity index (χ2v) is 9.50. The number of nitrogens with zero attached hydrogens (tertiary/aromatic N) is 7. The highest BCUT2D eigenvalue weighted by Crippen LogP contribution is 2.45. The van der Waals surface area contributed by atoms with Gasteiger partial charge >= 0.3 is 0 Å². The van der Waals surface area contributed by atoms with Crippen LogP contribution in [0.3, 0.4) is 0 Å². The van der Waals surface area contributed by atoms with Gasteiger partial charge in [0.2, 0.25) is 0 Å². The summed E-state index contributed by atoms with van der Waals surface area (Å²) in [5.41, 5.74) is 10.6. The number of aryl methyl sites for hydroxylation is 1. The first-order valence-corrected chi connectivity index (χ1v) is 12.4. The number of benzene rings is 1. The predicted molar refractivity (Wildman–Crippen MR) is 140 cm³/mol. The summed E-state index contributed by atoms with van der Waals surface area (Å²) < 4.78 is 17.2. The molecule has 6 rings (SSSR count). The van der Waals surface area contributed by atoms with Crippen molar-refractivity contribution in [3.05, 3.63) is 95.4 Å². The highest BCUT2D eigenvalue weighted by Gasteiger charge is 2.34. The van der Waals surface area contributed by atoms with Gasteiger partial charge in [-0.15, -0.1) is 11.8 Å². The van der Waals surface area contributed by atoms with Crippen LogP contribution in [0, 0.1) is 12.7 Å². The summed E-state index contributed by atoms with van der Waals surface area (Å²) in [6.45, 7) is 1.91. The van der Waals surface area contributed by atoms with Crippen LogP contribution in [0.1, 0.15) is 16.8 Å². The van der Waals surface area contributed by atoms with Crippen molar-refractivity contribution in [3.8, 4) is 22.6 Å². The molecule has 1 aliphatic heterocycles. The molecule has 0 radical (unpaired) electrons. The zero-order chi connectivity index (χ0) is 25.7. The normalized spacial score (nSPS) is 15.4. The number of primary amides is 1. The number of nitrogens with two attached hydrogens (primary N) is 1. The number of amides is 1. The van der Waals surface area contributed by atoms with Gasteiger partial charge in [-0.2, -0.15) is 5.10 Å². The molecule has 2 N–H and O–H groups in total. The first-order valence-electron chi connectivity index (χ1n) is 11.4. The number of hydrogen-bond acceptors (Lipinski definition) is 7. The summed E-state index contributed by atoms with van der Waals surface area (Å²) in [6.07, 6.45) is 5.20. The van der Waals surface area contributed by atoms with Crippen molar-refractivity contribution in [2.75, 3.05) is 4.90 Å². The Hall–Kier alpha value is -4.51. The van der Waals surface area contributed by atoms with Crippen molar-refractivity contribution >= 4 is 29.1 Å². The number of carbonyl (C=O) groups excluding carboxylic acids is 1. The Labute approximate surface area is 215 Å². The van der Waals surface area contributed by atoms with E-state index in [0.29, 0.717) is 28.5 Å². The van der Waals surface area contributed by atoms with Crippen LogP contribution in [-0.2, 0) is 11.8 Å². The van der Waals surface area contributed by atoms with Crippen LogP contribution in [-0.4, -0.2) is 35.0 Å². The first-order chi connectivity index (χ1) is 17.9. The fourth-order valence-electron chi connectivity index (χ4n) is 4.37. The Bertz CT molecular complexity index is 1680. The zero-order valence-electron chi connectivity index (χ0n) is 19.9. The van der Waals surface area contributed by atoms with Crippen LogP contribution in [0.5, 0.6) is 0 Å². The van der Waals surface area contributed by atoms with Gasteiger partial charge in [-0.05, 0) is 61.0 Å². The molecule has 1 aromatic carbocycles. The zero-order valence-corrected chi connectivity index (χ0v) is 20.7. The molecule has 0 bridgehead atoms. The van der Waals surface area contributed by atoms with Crippen molar-refractivity contribution in [1.82, 2.24) is 29.1 Å². The molecule has 0 saturated carbocycles. The molecule has 37 heavy (non-hydrogen) atoms. The molecule has 184 valence electrons. The molecule has 1 atom stereocenters. The number of fused-ring (bicyclic) bond motifs is 1. The SMILES string of the molecule is Cc1nc(-c2ccc(F)cc2)c(-c2ccc3nc(N4C(C(N)=O)=CSC4c4ccncc4)cn3n2)n1C. The number of aromatic nitrogens is 6. The van der Waals surface area contributed by atoms with E-state index < -0.39 is 5.91 Å². The van der Waals surface area contributed by atoms with Crippen LogP contribution >= 0.6 is 11.8 Å². The van der Waals surface area contributed by atoms with Crippen LogP contribution < -0.4 is 10.6 Å². The molecule has 5 aromatic rings. The third kappa shape index (κ3) is 3.93. The van der Waals surface area contributed by atoms with E-state index in [1.165, 1.54) is 23.9 Å². The standard InChI is InChI=1S/C26H21FN8OS/c1-15-30-23(16-3-5-18(27)6-4-16)24(33(15)2)19-7-8-21-31-22(13-34(21)32-19)35-20(25(28)36)14-37-26(35)17-9-11-29-12-10-17/h3-14,26H,1-2H3,(H2,28,36). The molecule has 9 nitrogen and oxygen atoms in total. The van der Waals surface area contributed by atoms with Gasteiger partial charge in [0, 0.05) is 30.4 Å². The Morgan fingerprint density at radius 3 is 2.54 bits per heavy atom. The first kappa shape index (κ1) is 22.9. The third-order valence-corrected chi connectivity index (χ3v) is 7.38. The maximum Gasteiger partial charge on any atom is 0.265 e. The van der Waals surface area contributed by atoms with Gasteiger partial charge < -0.3 is 15.2 Å². The molecule has 0 fully saturated rings. The fraction of sp³-hybridized carbons (Fsp3) is 0.115. The van der Waals surface area contributed by atoms with Crippen LogP contribution in [0.25, 0.3) is 28.3 Å². The number of imidazole rings is 2. The molecule has 1 unspecified atom stereocenters. The lowest BCUT2D eigenvalue weighted by atomic mass is 10.1. The lowest BCUT2D eigenvalue weighted by Crippen LogP contribution is -2.30. The van der Waals surface area contributed by atoms with Gasteiger partial charge in [-0.1, -0.05) is 0 Å². The number of rotatable bonds is 5. The van der Waals surface area contributed by atoms with E-state index in [0.717, 1.165) is 22.6 Å². The molecule has 5 heterocycles. The van der Waals surface area contributed by atoms with Crippen LogP contribution in [0.4, 0.5) is 10.2 Å². The molecular weight excluding hydrogens is 491 g/mol. The lowest BCUT2D eigenvalue weighted by Gasteiger charge is -2.25. The van der Waals surface area contributed by atoms with Gasteiger partial charge in [0.05, 0.1) is 17.6 Å². The van der Waals surface area contributed by atoms with E-state index in [1.54, 1.807) is 40.6 Å². The average molecular weight is 513 g/mol. The Balaban J connectivity index is 1.44. The molecule has 0 saturated heterocycles. The topological polar surface area (TPSA) is 107 Å². The Morgan fingerprint density at radius 1 is 1.05 bits per heavy atom. The summed E-state index contributed by atoms with van der Waals surface area (Å²) in [5, 5.41) is 6.35. The minimum Gasteiger partial charge on any atom is -0.364 e. The third-order valence-electron chi connectivity index (χ3n) is 6.28. The van der Waals surface area contributed by atoms with E-state index in [4.69, 9.17) is 20.8 Å². The summed E-state index contributed by atoms with van der Waals surface area (Å²) in [4.78, 5) is 27.6. The van der Waals surface area contributed by atoms with E-state index in [1.807, 2.05) is 47.7 Å². The van der Waals surface area contributed by atoms with E-state index in [9.17, 15) is 9.18 Å². The number of carbonyl (C=O) groups is 1. The monoisotopic (exact) mass is 512 g/mol. The molecular formula is C26H21FN8OS. The quantitative estimate of drug-likeness (QED) is 0.376. The highest BCUT2D eigenvalue weighted by atomic mass is 32.2. The van der Waals surface area contributed by atoms with Gasteiger partial charge in [0.15, 0.2) is 11.5 Å². The summed E-state index contributed by atoms with van der Waals surface area (Å²) in [6, 6.07) is 13.8. The minimum atomic E-state index is -0.538. The van der Waals surface area contributed by atoms with Gasteiger partial charge in [-0.3, -0.25) is 9.78 Å². The largest absolute Gasteiger partial charge is 0.364 e. The molecule has 11 heteroatoms. The summed E-state index contributed by atoms with van der Waals surface area (Å²) in [7, 11) is 1.92. The van der Waals surface area contributed by atoms with Crippen molar-refractivity contribution < 1.29 is 9.18 Å². The highest BCUT2D eigenvalue weighted by molar-refractivity contribution is 8.02. The number of pyridine rings is 1. The molecule has 0 aliphatic carbocycles. The molecule has 1 amide bonds. The maximum absolute atomic E-state index is 13.5. The number of halogens is 1. The summed E-state index contributed by atoms with van der Waals surface area (Å²) in [5.74, 6) is 0.497. The average Bonchev–Trinajstić information content (AvgIpc) is 3.60. The Kier molecular flexibility index (Phi) is 5.49. The minimum absolute atomic E-state index is 0.223. The van der Waals surface area contributed by atoms with Crippen molar-refractivity contribution in [2.45, 2.75) is 12.3 Å². The summed E-state index contributed by atoms with van der Waals surface area (Å²) >= 11 is 1.48. The van der Waals surface area contributed by atoms with Crippen molar-refractivity contribution in [1.29, 1.82) is 0 Å². The Morgan fingerprint density at radius 2 is 1.81 bits per heavy atom. The molecule has 0 spiro atoms. The smallest absolute Gasteiger partial charge is 0.265 e. The number of hydrogen-bond donors (Lipinski definition) is 1. The lowest BCUT2D eigenvalue weighted by molar-refractivity contribution is -0.114.